The lowest BCUT2D eigenvalue weighted by atomic mass is 10.2. The number of hydrogen-bond donors (Lipinski definition) is 2. The largest absolute Gasteiger partial charge is 0.457 e. The van der Waals surface area contributed by atoms with Crippen LogP contribution in [0.4, 0.5) is 5.69 Å². The second-order valence-electron chi connectivity index (χ2n) is 5.87. The quantitative estimate of drug-likeness (QED) is 0.769. The highest BCUT2D eigenvalue weighted by molar-refractivity contribution is 6.40. The monoisotopic (exact) mass is 396 g/mol. The molecule has 1 fully saturated rings. The molecule has 0 saturated carbocycles. The van der Waals surface area contributed by atoms with Crippen molar-refractivity contribution < 1.29 is 14.6 Å². The molecule has 1 aliphatic rings. The minimum absolute atomic E-state index is 0.0965. The van der Waals surface area contributed by atoms with E-state index < -0.39 is 6.10 Å². The SMILES string of the molecule is CN1C[C@@H](O)C[C@H]1C(=O)Nc1ccc(Oc2ccccc2)cc1.ClCCl. The zero-order valence-corrected chi connectivity index (χ0v) is 16.0. The predicted octanol–water partition coefficient (Wildman–Crippen LogP) is 3.90. The first kappa shape index (κ1) is 20.5. The maximum absolute atomic E-state index is 12.3. The second kappa shape index (κ2) is 10.4. The van der Waals surface area contributed by atoms with Crippen LogP contribution in [0, 0.1) is 0 Å². The summed E-state index contributed by atoms with van der Waals surface area (Å²) in [5, 5.41) is 12.7. The van der Waals surface area contributed by atoms with Crippen LogP contribution in [0.25, 0.3) is 0 Å². The smallest absolute Gasteiger partial charge is 0.241 e. The Balaban J connectivity index is 0.000000758. The molecule has 5 nitrogen and oxygen atoms in total. The van der Waals surface area contributed by atoms with Gasteiger partial charge in [-0.1, -0.05) is 18.2 Å². The van der Waals surface area contributed by atoms with Gasteiger partial charge in [0.1, 0.15) is 11.5 Å². The van der Waals surface area contributed by atoms with Gasteiger partial charge >= 0.3 is 0 Å². The topological polar surface area (TPSA) is 61.8 Å². The first-order valence-electron chi connectivity index (χ1n) is 8.17. The van der Waals surface area contributed by atoms with E-state index in [-0.39, 0.29) is 17.3 Å². The minimum Gasteiger partial charge on any atom is -0.457 e. The molecule has 2 atom stereocenters. The maximum Gasteiger partial charge on any atom is 0.241 e. The molecule has 26 heavy (non-hydrogen) atoms. The average Bonchev–Trinajstić information content (AvgIpc) is 2.97. The number of likely N-dealkylation sites (N-methyl/N-ethyl adjacent to an activating group) is 1. The Morgan fingerprint density at radius 3 is 2.27 bits per heavy atom. The van der Waals surface area contributed by atoms with Crippen LogP contribution in [0.1, 0.15) is 6.42 Å². The van der Waals surface area contributed by atoms with Gasteiger partial charge in [-0.3, -0.25) is 9.69 Å². The summed E-state index contributed by atoms with van der Waals surface area (Å²) in [6, 6.07) is 16.5. The number of para-hydroxylation sites is 1. The number of nitrogens with zero attached hydrogens (tertiary/aromatic N) is 1. The van der Waals surface area contributed by atoms with E-state index in [2.05, 4.69) is 5.32 Å². The summed E-state index contributed by atoms with van der Waals surface area (Å²) in [5.74, 6) is 1.38. The molecule has 0 bridgehead atoms. The van der Waals surface area contributed by atoms with E-state index in [0.717, 1.165) is 5.75 Å². The number of nitrogens with one attached hydrogen (secondary N) is 1. The molecule has 1 aliphatic heterocycles. The minimum atomic E-state index is -0.433. The standard InChI is InChI=1S/C18H20N2O3.CH2Cl2/c1-20-12-14(21)11-17(20)18(22)19-13-7-9-16(10-8-13)23-15-5-3-2-4-6-15;2-1-3/h2-10,14,17,21H,11-12H2,1H3,(H,19,22);1H2/t14-,17-;/m0./s1. The zero-order chi connectivity index (χ0) is 18.9. The number of halogens is 2. The van der Waals surface area contributed by atoms with E-state index in [4.69, 9.17) is 27.9 Å². The van der Waals surface area contributed by atoms with E-state index >= 15 is 0 Å². The lowest BCUT2D eigenvalue weighted by Gasteiger charge is -2.18. The van der Waals surface area contributed by atoms with Crippen molar-refractivity contribution in [1.82, 2.24) is 4.90 Å². The van der Waals surface area contributed by atoms with Crippen LogP contribution in [0.3, 0.4) is 0 Å². The molecule has 0 aromatic heterocycles. The van der Waals surface area contributed by atoms with Crippen molar-refractivity contribution >= 4 is 34.8 Å². The maximum atomic E-state index is 12.3. The van der Waals surface area contributed by atoms with Crippen LogP contribution in [0.15, 0.2) is 54.6 Å². The summed E-state index contributed by atoms with van der Waals surface area (Å²) in [6.07, 6.45) is 0.0368. The number of benzene rings is 2. The Labute approximate surface area is 163 Å². The van der Waals surface area contributed by atoms with Gasteiger partial charge in [0.15, 0.2) is 0 Å². The van der Waals surface area contributed by atoms with Crippen molar-refractivity contribution in [2.75, 3.05) is 24.2 Å². The lowest BCUT2D eigenvalue weighted by molar-refractivity contribution is -0.120. The number of likely N-dealkylation sites (tertiary alicyclic amines) is 1. The fraction of sp³-hybridized carbons (Fsp3) is 0.316. The fourth-order valence-electron chi connectivity index (χ4n) is 2.74. The predicted molar refractivity (Wildman–Crippen MR) is 105 cm³/mol. The zero-order valence-electron chi connectivity index (χ0n) is 14.4. The highest BCUT2D eigenvalue weighted by Gasteiger charge is 2.33. The molecule has 1 heterocycles. The van der Waals surface area contributed by atoms with Gasteiger partial charge in [0.2, 0.25) is 5.91 Å². The van der Waals surface area contributed by atoms with Crippen LogP contribution in [0.2, 0.25) is 0 Å². The molecule has 0 aliphatic carbocycles. The van der Waals surface area contributed by atoms with Gasteiger partial charge in [-0.15, -0.1) is 23.2 Å². The second-order valence-corrected chi connectivity index (χ2v) is 6.68. The Morgan fingerprint density at radius 2 is 1.73 bits per heavy atom. The number of rotatable bonds is 4. The third-order valence-electron chi connectivity index (χ3n) is 3.93. The fourth-order valence-corrected chi connectivity index (χ4v) is 2.74. The first-order chi connectivity index (χ1) is 12.5. The van der Waals surface area contributed by atoms with Gasteiger partial charge in [0.25, 0.3) is 0 Å². The van der Waals surface area contributed by atoms with Crippen molar-refractivity contribution in [3.05, 3.63) is 54.6 Å². The number of ether oxygens (including phenoxy) is 1. The Hall–Kier alpha value is -1.79. The first-order valence-corrected chi connectivity index (χ1v) is 9.24. The molecule has 3 rings (SSSR count). The molecule has 0 radical (unpaired) electrons. The number of amides is 1. The molecule has 1 saturated heterocycles. The average molecular weight is 397 g/mol. The lowest BCUT2D eigenvalue weighted by Crippen LogP contribution is -2.37. The number of hydrogen-bond acceptors (Lipinski definition) is 4. The molecule has 0 spiro atoms. The van der Waals surface area contributed by atoms with Crippen LogP contribution in [-0.2, 0) is 4.79 Å². The van der Waals surface area contributed by atoms with E-state index in [0.29, 0.717) is 24.4 Å². The van der Waals surface area contributed by atoms with Crippen LogP contribution < -0.4 is 10.1 Å². The summed E-state index contributed by atoms with van der Waals surface area (Å²) in [4.78, 5) is 14.1. The van der Waals surface area contributed by atoms with Crippen LogP contribution in [-0.4, -0.2) is 47.0 Å². The van der Waals surface area contributed by atoms with Gasteiger partial charge in [0, 0.05) is 12.2 Å². The molecule has 1 amide bonds. The van der Waals surface area contributed by atoms with E-state index in [1.165, 1.54) is 0 Å². The summed E-state index contributed by atoms with van der Waals surface area (Å²) < 4.78 is 5.72. The molecule has 140 valence electrons. The number of β-amino-alcohol motifs (C(OH)–C–C–N with tert-alkyl or cyclic N) is 1. The van der Waals surface area contributed by atoms with Crippen molar-refractivity contribution in [3.63, 3.8) is 0 Å². The number of aliphatic hydroxyl groups is 1. The van der Waals surface area contributed by atoms with Gasteiger partial charge in [-0.25, -0.2) is 0 Å². The van der Waals surface area contributed by atoms with Crippen molar-refractivity contribution in [1.29, 1.82) is 0 Å². The number of anilines is 1. The van der Waals surface area contributed by atoms with Crippen molar-refractivity contribution in [2.24, 2.45) is 0 Å². The molecular weight excluding hydrogens is 375 g/mol. The number of aliphatic hydroxyl groups excluding tert-OH is 1. The van der Waals surface area contributed by atoms with E-state index in [1.54, 1.807) is 0 Å². The molecule has 7 heteroatoms. The Morgan fingerprint density at radius 1 is 1.15 bits per heavy atom. The van der Waals surface area contributed by atoms with Crippen molar-refractivity contribution in [2.45, 2.75) is 18.6 Å². The summed E-state index contributed by atoms with van der Waals surface area (Å²) in [7, 11) is 1.84. The highest BCUT2D eigenvalue weighted by Crippen LogP contribution is 2.23. The highest BCUT2D eigenvalue weighted by atomic mass is 35.5. The Bertz CT molecular complexity index is 683. The molecular formula is C19H22Cl2N2O3. The van der Waals surface area contributed by atoms with Gasteiger partial charge in [0.05, 0.1) is 17.5 Å². The van der Waals surface area contributed by atoms with E-state index in [1.807, 2.05) is 66.5 Å². The van der Waals surface area contributed by atoms with Crippen LogP contribution in [0.5, 0.6) is 11.5 Å². The molecule has 2 N–H and O–H groups in total. The molecule has 0 unspecified atom stereocenters. The van der Waals surface area contributed by atoms with Gasteiger partial charge in [-0.05, 0) is 49.9 Å². The van der Waals surface area contributed by atoms with Gasteiger partial charge in [-0.2, -0.15) is 0 Å². The molecule has 2 aromatic carbocycles. The third kappa shape index (κ3) is 6.18. The summed E-state index contributed by atoms with van der Waals surface area (Å²) >= 11 is 9.53. The van der Waals surface area contributed by atoms with Gasteiger partial charge < -0.3 is 15.2 Å². The third-order valence-corrected chi connectivity index (χ3v) is 3.93. The van der Waals surface area contributed by atoms with Crippen LogP contribution >= 0.6 is 23.2 Å². The Kier molecular flexibility index (Phi) is 8.19. The summed E-state index contributed by atoms with van der Waals surface area (Å²) in [5.41, 5.74) is 0.713. The normalized spacial score (nSPS) is 19.4. The number of alkyl halides is 2. The summed E-state index contributed by atoms with van der Waals surface area (Å²) in [6.45, 7) is 0.530. The molecule has 2 aromatic rings. The number of carbonyl (C=O) groups is 1. The van der Waals surface area contributed by atoms with Crippen molar-refractivity contribution in [3.8, 4) is 11.5 Å². The number of carbonyl (C=O) groups excluding carboxylic acids is 1. The van der Waals surface area contributed by atoms with E-state index in [9.17, 15) is 9.90 Å².